The van der Waals surface area contributed by atoms with Crippen LogP contribution in [0.15, 0.2) is 36.4 Å². The highest BCUT2D eigenvalue weighted by molar-refractivity contribution is 6.30. The van der Waals surface area contributed by atoms with Crippen LogP contribution in [0, 0.1) is 6.92 Å². The highest BCUT2D eigenvalue weighted by atomic mass is 35.5. The van der Waals surface area contributed by atoms with Crippen molar-refractivity contribution in [3.63, 3.8) is 0 Å². The van der Waals surface area contributed by atoms with Gasteiger partial charge in [0.25, 0.3) is 0 Å². The molecule has 0 amide bonds. The van der Waals surface area contributed by atoms with Crippen molar-refractivity contribution < 1.29 is 4.74 Å². The number of fused-ring (bicyclic) bond motifs is 1. The molecule has 20 heavy (non-hydrogen) atoms. The SMILES string of the molecule is Cc1cccc(CNCC2Cc3cc(Cl)ccc3O2)n1. The van der Waals surface area contributed by atoms with Gasteiger partial charge in [-0.1, -0.05) is 17.7 Å². The van der Waals surface area contributed by atoms with Crippen LogP contribution in [-0.2, 0) is 13.0 Å². The third-order valence-corrected chi connectivity index (χ3v) is 3.62. The molecular formula is C16H17ClN2O. The number of hydrogen-bond acceptors (Lipinski definition) is 3. The van der Waals surface area contributed by atoms with E-state index in [1.54, 1.807) is 0 Å². The molecule has 0 saturated carbocycles. The summed E-state index contributed by atoms with van der Waals surface area (Å²) in [5.74, 6) is 0.954. The van der Waals surface area contributed by atoms with Crippen LogP contribution in [0.4, 0.5) is 0 Å². The van der Waals surface area contributed by atoms with Crippen LogP contribution in [0.5, 0.6) is 5.75 Å². The molecule has 0 spiro atoms. The summed E-state index contributed by atoms with van der Waals surface area (Å²) in [5, 5.41) is 4.17. The zero-order valence-corrected chi connectivity index (χ0v) is 12.2. The first-order chi connectivity index (χ1) is 9.70. The van der Waals surface area contributed by atoms with E-state index >= 15 is 0 Å². The molecule has 3 rings (SSSR count). The van der Waals surface area contributed by atoms with Gasteiger partial charge in [-0.15, -0.1) is 0 Å². The number of benzene rings is 1. The van der Waals surface area contributed by atoms with Crippen molar-refractivity contribution in [3.05, 3.63) is 58.4 Å². The van der Waals surface area contributed by atoms with Crippen molar-refractivity contribution in [2.45, 2.75) is 26.0 Å². The minimum absolute atomic E-state index is 0.174. The van der Waals surface area contributed by atoms with Crippen LogP contribution < -0.4 is 10.1 Å². The van der Waals surface area contributed by atoms with Crippen molar-refractivity contribution in [2.75, 3.05) is 6.54 Å². The average molecular weight is 289 g/mol. The number of hydrogen-bond donors (Lipinski definition) is 1. The van der Waals surface area contributed by atoms with Crippen molar-refractivity contribution in [1.29, 1.82) is 0 Å². The van der Waals surface area contributed by atoms with Crippen LogP contribution in [0.1, 0.15) is 17.0 Å². The van der Waals surface area contributed by atoms with Crippen LogP contribution in [0.25, 0.3) is 0 Å². The van der Waals surface area contributed by atoms with Gasteiger partial charge in [0.2, 0.25) is 0 Å². The number of nitrogens with zero attached hydrogens (tertiary/aromatic N) is 1. The Kier molecular flexibility index (Phi) is 3.90. The molecule has 4 heteroatoms. The fraction of sp³-hybridized carbons (Fsp3) is 0.312. The normalized spacial score (nSPS) is 16.8. The average Bonchev–Trinajstić information content (AvgIpc) is 2.80. The van der Waals surface area contributed by atoms with E-state index in [2.05, 4.69) is 10.3 Å². The molecule has 1 N–H and O–H groups in total. The van der Waals surface area contributed by atoms with Crippen molar-refractivity contribution in [2.24, 2.45) is 0 Å². The molecule has 1 aromatic carbocycles. The van der Waals surface area contributed by atoms with E-state index in [-0.39, 0.29) is 6.10 Å². The molecule has 1 aliphatic rings. The highest BCUT2D eigenvalue weighted by Gasteiger charge is 2.22. The Labute approximate surface area is 123 Å². The molecule has 0 bridgehead atoms. The lowest BCUT2D eigenvalue weighted by atomic mass is 10.1. The van der Waals surface area contributed by atoms with Gasteiger partial charge in [0, 0.05) is 30.2 Å². The molecule has 1 aromatic heterocycles. The summed E-state index contributed by atoms with van der Waals surface area (Å²) in [5.41, 5.74) is 3.30. The lowest BCUT2D eigenvalue weighted by molar-refractivity contribution is 0.227. The number of aryl methyl sites for hydroxylation is 1. The molecule has 2 heterocycles. The Morgan fingerprint density at radius 3 is 3.10 bits per heavy atom. The van der Waals surface area contributed by atoms with Gasteiger partial charge in [0.05, 0.1) is 5.69 Å². The topological polar surface area (TPSA) is 34.1 Å². The first-order valence-electron chi connectivity index (χ1n) is 6.79. The Bertz CT molecular complexity index is 615. The van der Waals surface area contributed by atoms with Crippen LogP contribution in [-0.4, -0.2) is 17.6 Å². The Morgan fingerprint density at radius 2 is 2.25 bits per heavy atom. The fourth-order valence-electron chi connectivity index (χ4n) is 2.46. The molecule has 3 nitrogen and oxygen atoms in total. The van der Waals surface area contributed by atoms with E-state index in [0.717, 1.165) is 41.7 Å². The number of ether oxygens (including phenoxy) is 1. The van der Waals surface area contributed by atoms with Gasteiger partial charge in [-0.05, 0) is 42.8 Å². The zero-order chi connectivity index (χ0) is 13.9. The fourth-order valence-corrected chi connectivity index (χ4v) is 2.66. The van der Waals surface area contributed by atoms with Gasteiger partial charge in [-0.3, -0.25) is 4.98 Å². The predicted octanol–water partition coefficient (Wildman–Crippen LogP) is 3.14. The summed E-state index contributed by atoms with van der Waals surface area (Å²) < 4.78 is 5.88. The third-order valence-electron chi connectivity index (χ3n) is 3.39. The summed E-state index contributed by atoms with van der Waals surface area (Å²) >= 11 is 5.99. The zero-order valence-electron chi connectivity index (χ0n) is 11.4. The Balaban J connectivity index is 1.51. The second-order valence-electron chi connectivity index (χ2n) is 5.10. The molecule has 1 unspecified atom stereocenters. The van der Waals surface area contributed by atoms with Crippen molar-refractivity contribution in [1.82, 2.24) is 10.3 Å². The van der Waals surface area contributed by atoms with E-state index in [9.17, 15) is 0 Å². The molecule has 0 radical (unpaired) electrons. The van der Waals surface area contributed by atoms with E-state index in [4.69, 9.17) is 16.3 Å². The summed E-state index contributed by atoms with van der Waals surface area (Å²) in [6.07, 6.45) is 1.08. The number of aromatic nitrogens is 1. The number of pyridine rings is 1. The summed E-state index contributed by atoms with van der Waals surface area (Å²) in [7, 11) is 0. The molecule has 1 atom stereocenters. The maximum Gasteiger partial charge on any atom is 0.123 e. The van der Waals surface area contributed by atoms with Gasteiger partial charge >= 0.3 is 0 Å². The first kappa shape index (κ1) is 13.4. The second kappa shape index (κ2) is 5.81. The smallest absolute Gasteiger partial charge is 0.123 e. The van der Waals surface area contributed by atoms with Gasteiger partial charge in [0.15, 0.2) is 0 Å². The van der Waals surface area contributed by atoms with Gasteiger partial charge < -0.3 is 10.1 Å². The third kappa shape index (κ3) is 3.11. The molecule has 1 aliphatic heterocycles. The summed E-state index contributed by atoms with van der Waals surface area (Å²) in [4.78, 5) is 4.47. The largest absolute Gasteiger partial charge is 0.488 e. The monoisotopic (exact) mass is 288 g/mol. The lowest BCUT2D eigenvalue weighted by Gasteiger charge is -2.11. The minimum Gasteiger partial charge on any atom is -0.488 e. The van der Waals surface area contributed by atoms with Crippen molar-refractivity contribution >= 4 is 11.6 Å². The van der Waals surface area contributed by atoms with E-state index in [1.807, 2.05) is 43.3 Å². The molecule has 104 valence electrons. The maximum atomic E-state index is 5.99. The quantitative estimate of drug-likeness (QED) is 0.938. The van der Waals surface area contributed by atoms with E-state index in [1.165, 1.54) is 5.56 Å². The number of rotatable bonds is 4. The standard InChI is InChI=1S/C16H17ClN2O/c1-11-3-2-4-14(19-11)9-18-10-15-8-12-7-13(17)5-6-16(12)20-15/h2-7,15,18H,8-10H2,1H3. The van der Waals surface area contributed by atoms with Crippen LogP contribution >= 0.6 is 11.6 Å². The lowest BCUT2D eigenvalue weighted by Crippen LogP contribution is -2.30. The van der Waals surface area contributed by atoms with Gasteiger partial charge in [-0.25, -0.2) is 0 Å². The predicted molar refractivity (Wildman–Crippen MR) is 80.3 cm³/mol. The number of nitrogens with one attached hydrogen (secondary N) is 1. The van der Waals surface area contributed by atoms with Crippen LogP contribution in [0.2, 0.25) is 5.02 Å². The summed E-state index contributed by atoms with van der Waals surface area (Å²) in [6.45, 7) is 3.57. The molecule has 0 fully saturated rings. The number of halogens is 1. The van der Waals surface area contributed by atoms with E-state index < -0.39 is 0 Å². The van der Waals surface area contributed by atoms with Gasteiger partial charge in [0.1, 0.15) is 11.9 Å². The molecular weight excluding hydrogens is 272 g/mol. The molecule has 2 aromatic rings. The first-order valence-corrected chi connectivity index (χ1v) is 7.17. The van der Waals surface area contributed by atoms with Crippen LogP contribution in [0.3, 0.4) is 0 Å². The molecule has 0 saturated heterocycles. The summed E-state index contributed by atoms with van der Waals surface area (Å²) in [6, 6.07) is 11.9. The molecule has 0 aliphatic carbocycles. The van der Waals surface area contributed by atoms with E-state index in [0.29, 0.717) is 0 Å². The van der Waals surface area contributed by atoms with Gasteiger partial charge in [-0.2, -0.15) is 0 Å². The van der Waals surface area contributed by atoms with Crippen molar-refractivity contribution in [3.8, 4) is 5.75 Å². The minimum atomic E-state index is 0.174. The highest BCUT2D eigenvalue weighted by Crippen LogP contribution is 2.30. The Morgan fingerprint density at radius 1 is 1.35 bits per heavy atom. The Hall–Kier alpha value is -1.58. The second-order valence-corrected chi connectivity index (χ2v) is 5.53. The maximum absolute atomic E-state index is 5.99.